The van der Waals surface area contributed by atoms with E-state index in [9.17, 15) is 0 Å². The zero-order valence-corrected chi connectivity index (χ0v) is 4.58. The van der Waals surface area contributed by atoms with Crippen LogP contribution in [0.3, 0.4) is 0 Å². The first-order valence-electron chi connectivity index (χ1n) is 2.73. The van der Waals surface area contributed by atoms with Crippen molar-refractivity contribution in [1.82, 2.24) is 0 Å². The Labute approximate surface area is 47.9 Å². The summed E-state index contributed by atoms with van der Waals surface area (Å²) in [5.41, 5.74) is 0. The standard InChI is InChI=1S/C5H10O3/c6-2-5-1-4(7)3-8-5/h4-7H,1-3H2/t4-,5+/m0/s1. The zero-order valence-electron chi connectivity index (χ0n) is 4.58. The second-order valence-electron chi connectivity index (χ2n) is 2.03. The van der Waals surface area contributed by atoms with Gasteiger partial charge in [-0.15, -0.1) is 0 Å². The normalized spacial score (nSPS) is 38.2. The Morgan fingerprint density at radius 1 is 1.62 bits per heavy atom. The van der Waals surface area contributed by atoms with E-state index in [1.165, 1.54) is 0 Å². The van der Waals surface area contributed by atoms with E-state index in [2.05, 4.69) is 0 Å². The summed E-state index contributed by atoms with van der Waals surface area (Å²) in [7, 11) is 0. The van der Waals surface area contributed by atoms with Gasteiger partial charge in [0.15, 0.2) is 0 Å². The van der Waals surface area contributed by atoms with Gasteiger partial charge in [-0.2, -0.15) is 0 Å². The van der Waals surface area contributed by atoms with Gasteiger partial charge in [-0.25, -0.2) is 0 Å². The number of ether oxygens (including phenoxy) is 1. The van der Waals surface area contributed by atoms with Crippen LogP contribution < -0.4 is 0 Å². The molecule has 0 bridgehead atoms. The molecule has 8 heavy (non-hydrogen) atoms. The minimum atomic E-state index is -0.354. The molecule has 0 aromatic rings. The quantitative estimate of drug-likeness (QED) is 0.470. The van der Waals surface area contributed by atoms with Gasteiger partial charge in [0.25, 0.3) is 0 Å². The molecule has 0 amide bonds. The van der Waals surface area contributed by atoms with Gasteiger partial charge in [0.05, 0.1) is 25.4 Å². The molecule has 1 fully saturated rings. The number of hydrogen-bond donors (Lipinski definition) is 2. The maximum atomic E-state index is 8.79. The van der Waals surface area contributed by atoms with E-state index in [0.29, 0.717) is 13.0 Å². The van der Waals surface area contributed by atoms with Crippen LogP contribution in [0.1, 0.15) is 6.42 Å². The predicted octanol–water partition coefficient (Wildman–Crippen LogP) is -0.872. The average molecular weight is 118 g/mol. The van der Waals surface area contributed by atoms with Crippen molar-refractivity contribution in [3.05, 3.63) is 0 Å². The second-order valence-corrected chi connectivity index (χ2v) is 2.03. The van der Waals surface area contributed by atoms with Crippen molar-refractivity contribution >= 4 is 0 Å². The smallest absolute Gasteiger partial charge is 0.0832 e. The molecule has 1 heterocycles. The lowest BCUT2D eigenvalue weighted by Gasteiger charge is -2.00. The van der Waals surface area contributed by atoms with Crippen molar-refractivity contribution < 1.29 is 14.9 Å². The molecule has 1 aliphatic heterocycles. The van der Waals surface area contributed by atoms with Crippen LogP contribution in [-0.2, 0) is 4.74 Å². The fourth-order valence-corrected chi connectivity index (χ4v) is 0.814. The van der Waals surface area contributed by atoms with Gasteiger partial charge in [0.2, 0.25) is 0 Å². The van der Waals surface area contributed by atoms with Crippen LogP contribution in [-0.4, -0.2) is 35.6 Å². The van der Waals surface area contributed by atoms with Gasteiger partial charge >= 0.3 is 0 Å². The third-order valence-corrected chi connectivity index (χ3v) is 1.26. The largest absolute Gasteiger partial charge is 0.394 e. The monoisotopic (exact) mass is 118 g/mol. The van der Waals surface area contributed by atoms with Crippen LogP contribution in [0.4, 0.5) is 0 Å². The minimum absolute atomic E-state index is 0.0249. The van der Waals surface area contributed by atoms with Gasteiger partial charge in [-0.05, 0) is 0 Å². The van der Waals surface area contributed by atoms with Crippen LogP contribution in [0.15, 0.2) is 0 Å². The summed E-state index contributed by atoms with van der Waals surface area (Å²) < 4.78 is 4.91. The van der Waals surface area contributed by atoms with Crippen molar-refractivity contribution in [2.24, 2.45) is 0 Å². The molecule has 0 aromatic carbocycles. The summed E-state index contributed by atoms with van der Waals surface area (Å²) in [5.74, 6) is 0. The summed E-state index contributed by atoms with van der Waals surface area (Å²) in [5, 5.41) is 17.2. The van der Waals surface area contributed by atoms with Crippen molar-refractivity contribution in [2.45, 2.75) is 18.6 Å². The lowest BCUT2D eigenvalue weighted by Crippen LogP contribution is -2.10. The van der Waals surface area contributed by atoms with E-state index < -0.39 is 0 Å². The van der Waals surface area contributed by atoms with Crippen LogP contribution in [0.5, 0.6) is 0 Å². The predicted molar refractivity (Wildman–Crippen MR) is 27.4 cm³/mol. The van der Waals surface area contributed by atoms with Crippen molar-refractivity contribution in [2.75, 3.05) is 13.2 Å². The van der Waals surface area contributed by atoms with E-state index >= 15 is 0 Å². The Hall–Kier alpha value is -0.120. The number of aliphatic hydroxyl groups is 2. The highest BCUT2D eigenvalue weighted by molar-refractivity contribution is 4.70. The first-order chi connectivity index (χ1) is 3.83. The molecule has 0 aliphatic carbocycles. The molecule has 1 saturated heterocycles. The molecular formula is C5H10O3. The molecule has 3 nitrogen and oxygen atoms in total. The van der Waals surface area contributed by atoms with E-state index in [-0.39, 0.29) is 18.8 Å². The Bertz CT molecular complexity index is 74.1. The maximum absolute atomic E-state index is 8.79. The highest BCUT2D eigenvalue weighted by Crippen LogP contribution is 2.11. The molecular weight excluding hydrogens is 108 g/mol. The van der Waals surface area contributed by atoms with Gasteiger partial charge in [-0.3, -0.25) is 0 Å². The molecule has 0 aromatic heterocycles. The van der Waals surface area contributed by atoms with Gasteiger partial charge in [0.1, 0.15) is 0 Å². The summed E-state index contributed by atoms with van der Waals surface area (Å²) in [6, 6.07) is 0. The molecule has 1 aliphatic rings. The van der Waals surface area contributed by atoms with Gasteiger partial charge in [0, 0.05) is 6.42 Å². The van der Waals surface area contributed by atoms with Crippen LogP contribution in [0.25, 0.3) is 0 Å². The molecule has 0 saturated carbocycles. The SMILES string of the molecule is OC[C@H]1C[C@H](O)CO1. The number of rotatable bonds is 1. The van der Waals surface area contributed by atoms with Crippen LogP contribution in [0.2, 0.25) is 0 Å². The Balaban J connectivity index is 2.22. The molecule has 2 atom stereocenters. The van der Waals surface area contributed by atoms with Crippen molar-refractivity contribution in [1.29, 1.82) is 0 Å². The number of aliphatic hydroxyl groups excluding tert-OH is 2. The summed E-state index contributed by atoms with van der Waals surface area (Å²) in [4.78, 5) is 0. The van der Waals surface area contributed by atoms with Crippen LogP contribution >= 0.6 is 0 Å². The highest BCUT2D eigenvalue weighted by atomic mass is 16.5. The Morgan fingerprint density at radius 2 is 2.38 bits per heavy atom. The van der Waals surface area contributed by atoms with E-state index in [0.717, 1.165) is 0 Å². The average Bonchev–Trinajstić information content (AvgIpc) is 2.14. The van der Waals surface area contributed by atoms with E-state index in [1.807, 2.05) is 0 Å². The first kappa shape index (κ1) is 6.01. The highest BCUT2D eigenvalue weighted by Gasteiger charge is 2.21. The summed E-state index contributed by atoms with van der Waals surface area (Å²) in [6.07, 6.45) is 0.105. The fraction of sp³-hybridized carbons (Fsp3) is 1.00. The fourth-order valence-electron chi connectivity index (χ4n) is 0.814. The number of hydrogen-bond acceptors (Lipinski definition) is 3. The summed E-state index contributed by atoms with van der Waals surface area (Å²) >= 11 is 0. The van der Waals surface area contributed by atoms with Gasteiger partial charge < -0.3 is 14.9 Å². The summed E-state index contributed by atoms with van der Waals surface area (Å²) in [6.45, 7) is 0.405. The maximum Gasteiger partial charge on any atom is 0.0832 e. The third-order valence-electron chi connectivity index (χ3n) is 1.26. The topological polar surface area (TPSA) is 49.7 Å². The lowest BCUT2D eigenvalue weighted by atomic mass is 10.2. The Kier molecular flexibility index (Phi) is 1.83. The van der Waals surface area contributed by atoms with E-state index in [4.69, 9.17) is 14.9 Å². The van der Waals surface area contributed by atoms with E-state index in [1.54, 1.807) is 0 Å². The third kappa shape index (κ3) is 1.18. The lowest BCUT2D eigenvalue weighted by molar-refractivity contribution is 0.0516. The van der Waals surface area contributed by atoms with Crippen LogP contribution in [0, 0.1) is 0 Å². The molecule has 48 valence electrons. The van der Waals surface area contributed by atoms with Crippen molar-refractivity contribution in [3.63, 3.8) is 0 Å². The Morgan fingerprint density at radius 3 is 2.62 bits per heavy atom. The molecule has 0 radical (unpaired) electrons. The zero-order chi connectivity index (χ0) is 5.98. The molecule has 2 N–H and O–H groups in total. The second kappa shape index (κ2) is 2.44. The van der Waals surface area contributed by atoms with Gasteiger partial charge in [-0.1, -0.05) is 0 Å². The van der Waals surface area contributed by atoms with Crippen molar-refractivity contribution in [3.8, 4) is 0 Å². The first-order valence-corrected chi connectivity index (χ1v) is 2.73. The molecule has 0 unspecified atom stereocenters. The molecule has 0 spiro atoms. The molecule has 3 heteroatoms. The minimum Gasteiger partial charge on any atom is -0.394 e. The molecule has 1 rings (SSSR count).